The molecule has 0 spiro atoms. The molecule has 80 valence electrons. The van der Waals surface area contributed by atoms with Gasteiger partial charge in [-0.15, -0.1) is 16.7 Å². The summed E-state index contributed by atoms with van der Waals surface area (Å²) in [5.74, 6) is 1.09. The minimum atomic E-state index is 0.478. The lowest BCUT2D eigenvalue weighted by Crippen LogP contribution is -2.12. The fraction of sp³-hybridized carbons (Fsp3) is 0.750. The molecule has 1 atom stereocenters. The third-order valence-corrected chi connectivity index (χ3v) is 2.88. The Balaban J connectivity index is 2.35. The minimum Gasteiger partial charge on any atom is -0.408 e. The van der Waals surface area contributed by atoms with E-state index in [0.29, 0.717) is 29.5 Å². The Hall–Kier alpha value is -0.420. The van der Waals surface area contributed by atoms with E-state index in [9.17, 15) is 0 Å². The van der Waals surface area contributed by atoms with Gasteiger partial charge in [-0.2, -0.15) is 11.8 Å². The highest BCUT2D eigenvalue weighted by molar-refractivity contribution is 7.99. The van der Waals surface area contributed by atoms with Crippen molar-refractivity contribution in [1.29, 1.82) is 0 Å². The molecule has 0 saturated carbocycles. The molecule has 0 saturated heterocycles. The molecule has 4 nitrogen and oxygen atoms in total. The zero-order chi connectivity index (χ0) is 10.4. The second-order valence-electron chi connectivity index (χ2n) is 2.87. The SMILES string of the molecule is CSC(C)CNc1nnc(CCCl)o1. The second-order valence-corrected chi connectivity index (χ2v) is 4.52. The van der Waals surface area contributed by atoms with Gasteiger partial charge < -0.3 is 9.73 Å². The van der Waals surface area contributed by atoms with Gasteiger partial charge in [-0.1, -0.05) is 12.0 Å². The normalized spacial score (nSPS) is 12.8. The van der Waals surface area contributed by atoms with Crippen LogP contribution in [-0.2, 0) is 6.42 Å². The third kappa shape index (κ3) is 3.75. The van der Waals surface area contributed by atoms with Crippen LogP contribution in [0.3, 0.4) is 0 Å². The molecule has 14 heavy (non-hydrogen) atoms. The van der Waals surface area contributed by atoms with Crippen LogP contribution in [0.5, 0.6) is 0 Å². The Morgan fingerprint density at radius 3 is 3.00 bits per heavy atom. The molecule has 6 heteroatoms. The van der Waals surface area contributed by atoms with Gasteiger partial charge in [0.15, 0.2) is 0 Å². The maximum absolute atomic E-state index is 5.54. The predicted molar refractivity (Wildman–Crippen MR) is 60.2 cm³/mol. The van der Waals surface area contributed by atoms with Crippen LogP contribution in [0.25, 0.3) is 0 Å². The summed E-state index contributed by atoms with van der Waals surface area (Å²) in [5.41, 5.74) is 0. The molecule has 1 heterocycles. The lowest BCUT2D eigenvalue weighted by molar-refractivity contribution is 0.512. The smallest absolute Gasteiger partial charge is 0.315 e. The Morgan fingerprint density at radius 2 is 2.36 bits per heavy atom. The van der Waals surface area contributed by atoms with Gasteiger partial charge in [0.25, 0.3) is 0 Å². The summed E-state index contributed by atoms with van der Waals surface area (Å²) in [6.07, 6.45) is 2.69. The average Bonchev–Trinajstić information content (AvgIpc) is 2.63. The van der Waals surface area contributed by atoms with Crippen molar-refractivity contribution in [1.82, 2.24) is 10.2 Å². The van der Waals surface area contributed by atoms with E-state index in [-0.39, 0.29) is 0 Å². The van der Waals surface area contributed by atoms with Crippen LogP contribution in [0.4, 0.5) is 6.01 Å². The van der Waals surface area contributed by atoms with Crippen molar-refractivity contribution in [2.24, 2.45) is 0 Å². The van der Waals surface area contributed by atoms with Gasteiger partial charge in [-0.25, -0.2) is 0 Å². The summed E-state index contributed by atoms with van der Waals surface area (Å²) in [6, 6.07) is 0.478. The Bertz CT molecular complexity index is 269. The van der Waals surface area contributed by atoms with Crippen LogP contribution >= 0.6 is 23.4 Å². The lowest BCUT2D eigenvalue weighted by atomic mass is 10.5. The fourth-order valence-electron chi connectivity index (χ4n) is 0.821. The van der Waals surface area contributed by atoms with Crippen LogP contribution < -0.4 is 5.32 Å². The van der Waals surface area contributed by atoms with Gasteiger partial charge in [-0.3, -0.25) is 0 Å². The van der Waals surface area contributed by atoms with E-state index in [1.165, 1.54) is 0 Å². The first-order chi connectivity index (χ1) is 6.76. The van der Waals surface area contributed by atoms with Crippen molar-refractivity contribution in [3.05, 3.63) is 5.89 Å². The molecule has 0 aliphatic carbocycles. The van der Waals surface area contributed by atoms with Gasteiger partial charge in [0.2, 0.25) is 5.89 Å². The molecule has 0 aromatic carbocycles. The number of aryl methyl sites for hydroxylation is 1. The van der Waals surface area contributed by atoms with E-state index in [1.54, 1.807) is 11.8 Å². The highest BCUT2D eigenvalue weighted by atomic mass is 35.5. The van der Waals surface area contributed by atoms with Crippen LogP contribution in [0.2, 0.25) is 0 Å². The molecule has 1 unspecified atom stereocenters. The summed E-state index contributed by atoms with van der Waals surface area (Å²) in [7, 11) is 0. The van der Waals surface area contributed by atoms with Crippen molar-refractivity contribution < 1.29 is 4.42 Å². The van der Waals surface area contributed by atoms with Gasteiger partial charge in [-0.05, 0) is 6.26 Å². The largest absolute Gasteiger partial charge is 0.408 e. The van der Waals surface area contributed by atoms with Gasteiger partial charge in [0, 0.05) is 24.1 Å². The monoisotopic (exact) mass is 235 g/mol. The molecular formula is C8H14ClN3OS. The van der Waals surface area contributed by atoms with Crippen LogP contribution in [-0.4, -0.2) is 34.1 Å². The minimum absolute atomic E-state index is 0.478. The number of hydrogen-bond acceptors (Lipinski definition) is 5. The van der Waals surface area contributed by atoms with E-state index >= 15 is 0 Å². The van der Waals surface area contributed by atoms with E-state index in [2.05, 4.69) is 28.7 Å². The predicted octanol–water partition coefficient (Wildman–Crippen LogP) is 2.01. The zero-order valence-electron chi connectivity index (χ0n) is 8.29. The highest BCUT2D eigenvalue weighted by Gasteiger charge is 2.06. The number of thioether (sulfide) groups is 1. The topological polar surface area (TPSA) is 51.0 Å². The molecule has 0 aliphatic rings. The molecule has 0 amide bonds. The average molecular weight is 236 g/mol. The number of nitrogens with zero attached hydrogens (tertiary/aromatic N) is 2. The van der Waals surface area contributed by atoms with Crippen molar-refractivity contribution in [3.63, 3.8) is 0 Å². The number of hydrogen-bond donors (Lipinski definition) is 1. The molecule has 0 aliphatic heterocycles. The molecule has 1 rings (SSSR count). The Kier molecular flexibility index (Phi) is 5.11. The molecule has 1 aromatic heterocycles. The van der Waals surface area contributed by atoms with Crippen LogP contribution in [0.1, 0.15) is 12.8 Å². The Labute approximate surface area is 92.8 Å². The standard InChI is InChI=1S/C8H14ClN3OS/c1-6(14-2)5-10-8-12-11-7(13-8)3-4-9/h6H,3-5H2,1-2H3,(H,10,12). The van der Waals surface area contributed by atoms with E-state index in [0.717, 1.165) is 6.54 Å². The van der Waals surface area contributed by atoms with Crippen molar-refractivity contribution in [3.8, 4) is 0 Å². The number of alkyl halides is 1. The first-order valence-corrected chi connectivity index (χ1v) is 6.23. The summed E-state index contributed by atoms with van der Waals surface area (Å²) in [5, 5.41) is 11.3. The maximum atomic E-state index is 5.54. The van der Waals surface area contributed by atoms with Crippen molar-refractivity contribution >= 4 is 29.4 Å². The van der Waals surface area contributed by atoms with Crippen molar-refractivity contribution in [2.75, 3.05) is 24.0 Å². The summed E-state index contributed by atoms with van der Waals surface area (Å²) in [6.45, 7) is 2.96. The lowest BCUT2D eigenvalue weighted by Gasteiger charge is -2.06. The number of anilines is 1. The van der Waals surface area contributed by atoms with E-state index < -0.39 is 0 Å². The molecule has 0 radical (unpaired) electrons. The Morgan fingerprint density at radius 1 is 1.57 bits per heavy atom. The summed E-state index contributed by atoms with van der Waals surface area (Å²) in [4.78, 5) is 0. The second kappa shape index (κ2) is 6.14. The summed E-state index contributed by atoms with van der Waals surface area (Å²) < 4.78 is 5.29. The number of halogens is 1. The number of rotatable bonds is 6. The number of nitrogens with one attached hydrogen (secondary N) is 1. The van der Waals surface area contributed by atoms with Crippen LogP contribution in [0, 0.1) is 0 Å². The summed E-state index contributed by atoms with van der Waals surface area (Å²) >= 11 is 7.33. The van der Waals surface area contributed by atoms with E-state index in [4.69, 9.17) is 16.0 Å². The molecular weight excluding hydrogens is 222 g/mol. The molecule has 1 N–H and O–H groups in total. The first-order valence-electron chi connectivity index (χ1n) is 4.41. The molecule has 0 fully saturated rings. The quantitative estimate of drug-likeness (QED) is 0.765. The first kappa shape index (κ1) is 11.7. The van der Waals surface area contributed by atoms with Crippen LogP contribution in [0.15, 0.2) is 4.42 Å². The zero-order valence-corrected chi connectivity index (χ0v) is 9.86. The number of aromatic nitrogens is 2. The molecule has 1 aromatic rings. The third-order valence-electron chi connectivity index (χ3n) is 1.72. The van der Waals surface area contributed by atoms with Gasteiger partial charge in [0.1, 0.15) is 0 Å². The maximum Gasteiger partial charge on any atom is 0.315 e. The molecule has 0 bridgehead atoms. The van der Waals surface area contributed by atoms with E-state index in [1.807, 2.05) is 0 Å². The van der Waals surface area contributed by atoms with Crippen molar-refractivity contribution in [2.45, 2.75) is 18.6 Å². The fourth-order valence-corrected chi connectivity index (χ4v) is 1.23. The highest BCUT2D eigenvalue weighted by Crippen LogP contribution is 2.09. The van der Waals surface area contributed by atoms with Gasteiger partial charge >= 0.3 is 6.01 Å². The van der Waals surface area contributed by atoms with Gasteiger partial charge in [0.05, 0.1) is 0 Å².